The van der Waals surface area contributed by atoms with Crippen LogP contribution >= 0.6 is 27.5 Å². The first-order chi connectivity index (χ1) is 7.19. The van der Waals surface area contributed by atoms with E-state index >= 15 is 0 Å². The molecular weight excluding hydrogens is 275 g/mol. The minimum Gasteiger partial charge on any atom is -0.395 e. The minimum atomic E-state index is 0.124. The van der Waals surface area contributed by atoms with Crippen LogP contribution in [0.2, 0.25) is 5.02 Å². The quantitative estimate of drug-likeness (QED) is 0.844. The monoisotopic (exact) mass is 288 g/mol. The molecule has 3 heteroatoms. The van der Waals surface area contributed by atoms with E-state index in [1.807, 2.05) is 12.1 Å². The molecule has 0 heterocycles. The van der Waals surface area contributed by atoms with E-state index in [0.29, 0.717) is 0 Å². The molecule has 1 aliphatic rings. The first-order valence-electron chi connectivity index (χ1n) is 5.20. The van der Waals surface area contributed by atoms with Crippen molar-refractivity contribution in [1.82, 2.24) is 0 Å². The molecule has 1 aliphatic carbocycles. The Bertz CT molecular complexity index is 332. The van der Waals surface area contributed by atoms with Gasteiger partial charge in [-0.25, -0.2) is 0 Å². The van der Waals surface area contributed by atoms with Crippen molar-refractivity contribution in [2.75, 3.05) is 6.61 Å². The Hall–Kier alpha value is -0.0500. The number of aliphatic hydroxyl groups excluding tert-OH is 1. The first kappa shape index (κ1) is 11.4. The maximum atomic E-state index is 9.28. The second-order valence-electron chi connectivity index (χ2n) is 4.17. The summed E-state index contributed by atoms with van der Waals surface area (Å²) in [4.78, 5) is 0.153. The third-order valence-corrected chi connectivity index (χ3v) is 4.84. The lowest BCUT2D eigenvalue weighted by Gasteiger charge is -2.45. The molecule has 15 heavy (non-hydrogen) atoms. The molecule has 0 amide bonds. The van der Waals surface area contributed by atoms with Gasteiger partial charge in [0.1, 0.15) is 0 Å². The van der Waals surface area contributed by atoms with Gasteiger partial charge < -0.3 is 5.11 Å². The van der Waals surface area contributed by atoms with Crippen LogP contribution in [-0.2, 0) is 5.41 Å². The van der Waals surface area contributed by atoms with Gasteiger partial charge in [0.2, 0.25) is 0 Å². The molecule has 1 fully saturated rings. The molecule has 1 saturated carbocycles. The van der Waals surface area contributed by atoms with Gasteiger partial charge in [-0.05, 0) is 30.5 Å². The zero-order valence-corrected chi connectivity index (χ0v) is 10.8. The molecule has 0 bridgehead atoms. The van der Waals surface area contributed by atoms with Crippen LogP contribution in [0, 0.1) is 0 Å². The standard InChI is InChI=1S/C12H14BrClO/c13-11(8-15)12(6-1-7-12)9-2-4-10(14)5-3-9/h2-5,11,15H,1,6-8H2. The molecule has 0 spiro atoms. The summed E-state index contributed by atoms with van der Waals surface area (Å²) in [7, 11) is 0. The summed E-state index contributed by atoms with van der Waals surface area (Å²) < 4.78 is 0. The van der Waals surface area contributed by atoms with Crippen molar-refractivity contribution in [3.63, 3.8) is 0 Å². The fourth-order valence-corrected chi connectivity index (χ4v) is 3.15. The van der Waals surface area contributed by atoms with Crippen LogP contribution in [0.25, 0.3) is 0 Å². The second kappa shape index (κ2) is 4.44. The smallest absolute Gasteiger partial charge is 0.0565 e. The van der Waals surface area contributed by atoms with Gasteiger partial charge in [-0.15, -0.1) is 0 Å². The van der Waals surface area contributed by atoms with Gasteiger partial charge in [0.15, 0.2) is 0 Å². The number of rotatable bonds is 3. The van der Waals surface area contributed by atoms with Crippen molar-refractivity contribution < 1.29 is 5.11 Å². The molecule has 1 aromatic carbocycles. The van der Waals surface area contributed by atoms with Gasteiger partial charge in [0, 0.05) is 15.3 Å². The highest BCUT2D eigenvalue weighted by Gasteiger charge is 2.43. The van der Waals surface area contributed by atoms with Crippen LogP contribution in [0.5, 0.6) is 0 Å². The lowest BCUT2D eigenvalue weighted by Crippen LogP contribution is -2.44. The Morgan fingerprint density at radius 3 is 2.33 bits per heavy atom. The first-order valence-corrected chi connectivity index (χ1v) is 6.49. The van der Waals surface area contributed by atoms with Crippen molar-refractivity contribution in [1.29, 1.82) is 0 Å². The molecule has 82 valence electrons. The zero-order chi connectivity index (χ0) is 10.9. The van der Waals surface area contributed by atoms with Crippen molar-refractivity contribution in [2.45, 2.75) is 29.5 Å². The number of halogens is 2. The molecule has 0 saturated heterocycles. The number of hydrogen-bond donors (Lipinski definition) is 1. The molecule has 1 aromatic rings. The molecular formula is C12H14BrClO. The third-order valence-electron chi connectivity index (χ3n) is 3.42. The average molecular weight is 290 g/mol. The summed E-state index contributed by atoms with van der Waals surface area (Å²) in [5.41, 5.74) is 1.41. The summed E-state index contributed by atoms with van der Waals surface area (Å²) in [6.07, 6.45) is 3.53. The highest BCUT2D eigenvalue weighted by Crippen LogP contribution is 2.49. The second-order valence-corrected chi connectivity index (χ2v) is 5.71. The number of hydrogen-bond acceptors (Lipinski definition) is 1. The molecule has 1 N–H and O–H groups in total. The van der Waals surface area contributed by atoms with Gasteiger partial charge in [-0.3, -0.25) is 0 Å². The Balaban J connectivity index is 2.30. The topological polar surface area (TPSA) is 20.2 Å². The summed E-state index contributed by atoms with van der Waals surface area (Å²) in [5, 5.41) is 10.0. The van der Waals surface area contributed by atoms with E-state index in [4.69, 9.17) is 11.6 Å². The van der Waals surface area contributed by atoms with Crippen LogP contribution < -0.4 is 0 Å². The summed E-state index contributed by atoms with van der Waals surface area (Å²) in [6.45, 7) is 0.183. The highest BCUT2D eigenvalue weighted by molar-refractivity contribution is 9.09. The van der Waals surface area contributed by atoms with Gasteiger partial charge >= 0.3 is 0 Å². The molecule has 1 nitrogen and oxygen atoms in total. The van der Waals surface area contributed by atoms with Crippen LogP contribution in [0.1, 0.15) is 24.8 Å². The molecule has 0 radical (unpaired) electrons. The highest BCUT2D eigenvalue weighted by atomic mass is 79.9. The Kier molecular flexibility index (Phi) is 3.39. The third kappa shape index (κ3) is 1.95. The Labute approximate surface area is 104 Å². The lowest BCUT2D eigenvalue weighted by molar-refractivity contribution is 0.180. The van der Waals surface area contributed by atoms with E-state index in [1.165, 1.54) is 12.0 Å². The van der Waals surface area contributed by atoms with E-state index in [2.05, 4.69) is 28.1 Å². The summed E-state index contributed by atoms with van der Waals surface area (Å²) in [6, 6.07) is 8.00. The molecule has 1 atom stereocenters. The van der Waals surface area contributed by atoms with E-state index in [9.17, 15) is 5.11 Å². The van der Waals surface area contributed by atoms with Gasteiger partial charge in [-0.2, -0.15) is 0 Å². The Morgan fingerprint density at radius 1 is 1.33 bits per heavy atom. The normalized spacial score (nSPS) is 20.7. The fourth-order valence-electron chi connectivity index (χ4n) is 2.30. The van der Waals surface area contributed by atoms with Gasteiger partial charge in [-0.1, -0.05) is 46.1 Å². The molecule has 2 rings (SSSR count). The van der Waals surface area contributed by atoms with E-state index in [-0.39, 0.29) is 16.8 Å². The fraction of sp³-hybridized carbons (Fsp3) is 0.500. The van der Waals surface area contributed by atoms with Gasteiger partial charge in [0.25, 0.3) is 0 Å². The number of benzene rings is 1. The van der Waals surface area contributed by atoms with Crippen molar-refractivity contribution in [3.05, 3.63) is 34.9 Å². The van der Waals surface area contributed by atoms with Crippen LogP contribution in [0.4, 0.5) is 0 Å². The predicted molar refractivity (Wildman–Crippen MR) is 66.8 cm³/mol. The number of alkyl halides is 1. The van der Waals surface area contributed by atoms with Crippen LogP contribution in [0.3, 0.4) is 0 Å². The molecule has 1 unspecified atom stereocenters. The predicted octanol–water partition coefficient (Wildman–Crippen LogP) is 3.52. The summed E-state index contributed by atoms with van der Waals surface area (Å²) >= 11 is 9.46. The molecule has 0 aromatic heterocycles. The lowest BCUT2D eigenvalue weighted by atomic mass is 9.62. The largest absolute Gasteiger partial charge is 0.395 e. The van der Waals surface area contributed by atoms with Crippen molar-refractivity contribution >= 4 is 27.5 Å². The maximum Gasteiger partial charge on any atom is 0.0565 e. The van der Waals surface area contributed by atoms with E-state index in [0.717, 1.165) is 17.9 Å². The molecule has 0 aliphatic heterocycles. The van der Waals surface area contributed by atoms with E-state index in [1.54, 1.807) is 0 Å². The zero-order valence-electron chi connectivity index (χ0n) is 8.42. The van der Waals surface area contributed by atoms with E-state index < -0.39 is 0 Å². The number of aliphatic hydroxyl groups is 1. The van der Waals surface area contributed by atoms with Gasteiger partial charge in [0.05, 0.1) is 6.61 Å². The average Bonchev–Trinajstić information content (AvgIpc) is 2.19. The van der Waals surface area contributed by atoms with Crippen molar-refractivity contribution in [2.24, 2.45) is 0 Å². The SMILES string of the molecule is OCC(Br)C1(c2ccc(Cl)cc2)CCC1. The Morgan fingerprint density at radius 2 is 1.93 bits per heavy atom. The summed E-state index contributed by atoms with van der Waals surface area (Å²) in [5.74, 6) is 0. The maximum absolute atomic E-state index is 9.28. The minimum absolute atomic E-state index is 0.124. The van der Waals surface area contributed by atoms with Crippen molar-refractivity contribution in [3.8, 4) is 0 Å². The van der Waals surface area contributed by atoms with Crippen LogP contribution in [-0.4, -0.2) is 16.5 Å². The van der Waals surface area contributed by atoms with Crippen LogP contribution in [0.15, 0.2) is 24.3 Å².